The zero-order chi connectivity index (χ0) is 11.5. The van der Waals surface area contributed by atoms with Crippen molar-refractivity contribution in [3.05, 3.63) is 23.5 Å². The van der Waals surface area contributed by atoms with Crippen LogP contribution < -0.4 is 11.1 Å². The van der Waals surface area contributed by atoms with Crippen molar-refractivity contribution in [2.75, 3.05) is 11.9 Å². The van der Waals surface area contributed by atoms with E-state index in [1.807, 2.05) is 13.0 Å². The number of anilines is 1. The average molecular weight is 242 g/mol. The van der Waals surface area contributed by atoms with E-state index in [1.165, 1.54) is 0 Å². The minimum absolute atomic E-state index is 0.126. The first kappa shape index (κ1) is 11.6. The quantitative estimate of drug-likeness (QED) is 0.842. The van der Waals surface area contributed by atoms with E-state index in [0.717, 1.165) is 12.1 Å². The number of nitrogens with one attached hydrogen (secondary N) is 1. The highest BCUT2D eigenvalue weighted by atomic mass is 35.5. The Morgan fingerprint density at radius 2 is 2.50 bits per heavy atom. The molecule has 0 spiro atoms. The van der Waals surface area contributed by atoms with Crippen molar-refractivity contribution in [3.63, 3.8) is 0 Å². The summed E-state index contributed by atoms with van der Waals surface area (Å²) >= 11 is 6.02. The van der Waals surface area contributed by atoms with Gasteiger partial charge in [0, 0.05) is 25.0 Å². The first-order chi connectivity index (χ1) is 7.72. The topological polar surface area (TPSA) is 60.2 Å². The Hall–Kier alpha value is -0.840. The summed E-state index contributed by atoms with van der Waals surface area (Å²) in [6.45, 7) is 2.69. The van der Waals surface area contributed by atoms with Gasteiger partial charge in [-0.1, -0.05) is 11.6 Å². The van der Waals surface area contributed by atoms with Crippen molar-refractivity contribution in [1.82, 2.24) is 4.98 Å². The van der Waals surface area contributed by atoms with Crippen LogP contribution in [0.5, 0.6) is 0 Å². The predicted octanol–water partition coefficient (Wildman–Crippen LogP) is 1.65. The molecular weight excluding hydrogens is 226 g/mol. The van der Waals surface area contributed by atoms with Gasteiger partial charge in [-0.05, 0) is 19.4 Å². The Kier molecular flexibility index (Phi) is 3.63. The average Bonchev–Trinajstić information content (AvgIpc) is 2.28. The molecule has 0 aliphatic heterocycles. The molecule has 2 rings (SSSR count). The van der Waals surface area contributed by atoms with Gasteiger partial charge >= 0.3 is 0 Å². The number of nitrogens with zero attached hydrogens (tertiary/aromatic N) is 1. The van der Waals surface area contributed by atoms with E-state index in [-0.39, 0.29) is 18.2 Å². The number of ether oxygens (including phenoxy) is 1. The third-order valence-electron chi connectivity index (χ3n) is 2.84. The van der Waals surface area contributed by atoms with Crippen LogP contribution in [0.4, 0.5) is 5.69 Å². The molecule has 1 saturated carbocycles. The summed E-state index contributed by atoms with van der Waals surface area (Å²) < 4.78 is 5.57. The van der Waals surface area contributed by atoms with Gasteiger partial charge in [0.15, 0.2) is 0 Å². The van der Waals surface area contributed by atoms with Gasteiger partial charge in [0.25, 0.3) is 0 Å². The maximum absolute atomic E-state index is 6.02. The lowest BCUT2D eigenvalue weighted by Gasteiger charge is -2.43. The molecule has 0 radical (unpaired) electrons. The second kappa shape index (κ2) is 4.99. The zero-order valence-corrected chi connectivity index (χ0v) is 9.95. The number of aromatic nitrogens is 1. The Balaban J connectivity index is 2.01. The monoisotopic (exact) mass is 241 g/mol. The number of rotatable bonds is 4. The third-order valence-corrected chi connectivity index (χ3v) is 3.14. The van der Waals surface area contributed by atoms with E-state index in [2.05, 4.69) is 10.3 Å². The molecule has 1 aromatic rings. The standard InChI is InChI=1S/C11H16ClN3O/c1-2-16-10-5-8(13)11(10)15-9-3-4-14-6-7(9)12/h3-4,6,8,10-11H,2,5,13H2,1H3,(H,14,15). The normalized spacial score (nSPS) is 28.6. The smallest absolute Gasteiger partial charge is 0.0820 e. The van der Waals surface area contributed by atoms with E-state index in [0.29, 0.717) is 11.6 Å². The van der Waals surface area contributed by atoms with Crippen LogP contribution in [-0.4, -0.2) is 29.8 Å². The molecular formula is C11H16ClN3O. The minimum atomic E-state index is 0.126. The second-order valence-corrected chi connectivity index (χ2v) is 4.33. The van der Waals surface area contributed by atoms with Gasteiger partial charge in [0.2, 0.25) is 0 Å². The first-order valence-corrected chi connectivity index (χ1v) is 5.83. The highest BCUT2D eigenvalue weighted by Gasteiger charge is 2.39. The fourth-order valence-electron chi connectivity index (χ4n) is 1.90. The number of pyridine rings is 1. The molecule has 3 N–H and O–H groups in total. The van der Waals surface area contributed by atoms with E-state index >= 15 is 0 Å². The maximum atomic E-state index is 6.02. The van der Waals surface area contributed by atoms with Crippen molar-refractivity contribution >= 4 is 17.3 Å². The molecule has 1 aliphatic rings. The largest absolute Gasteiger partial charge is 0.377 e. The van der Waals surface area contributed by atoms with Gasteiger partial charge in [-0.15, -0.1) is 0 Å². The van der Waals surface area contributed by atoms with E-state index < -0.39 is 0 Å². The molecule has 88 valence electrons. The summed E-state index contributed by atoms with van der Waals surface area (Å²) in [6, 6.07) is 2.11. The molecule has 0 saturated heterocycles. The number of hydrogen-bond donors (Lipinski definition) is 2. The van der Waals surface area contributed by atoms with Gasteiger partial charge in [-0.3, -0.25) is 4.98 Å². The summed E-state index contributed by atoms with van der Waals surface area (Å²) in [5.41, 5.74) is 6.80. The van der Waals surface area contributed by atoms with Crippen molar-refractivity contribution in [2.45, 2.75) is 31.5 Å². The van der Waals surface area contributed by atoms with Crippen LogP contribution in [0, 0.1) is 0 Å². The van der Waals surface area contributed by atoms with Crippen LogP contribution in [0.25, 0.3) is 0 Å². The van der Waals surface area contributed by atoms with Crippen LogP contribution in [0.2, 0.25) is 5.02 Å². The van der Waals surface area contributed by atoms with Crippen LogP contribution in [-0.2, 0) is 4.74 Å². The summed E-state index contributed by atoms with van der Waals surface area (Å²) in [5, 5.41) is 3.92. The minimum Gasteiger partial charge on any atom is -0.377 e. The van der Waals surface area contributed by atoms with Gasteiger partial charge in [-0.25, -0.2) is 0 Å². The van der Waals surface area contributed by atoms with Gasteiger partial charge < -0.3 is 15.8 Å². The van der Waals surface area contributed by atoms with E-state index in [4.69, 9.17) is 22.1 Å². The molecule has 1 aromatic heterocycles. The molecule has 4 nitrogen and oxygen atoms in total. The second-order valence-electron chi connectivity index (χ2n) is 3.92. The highest BCUT2D eigenvalue weighted by molar-refractivity contribution is 6.33. The summed E-state index contributed by atoms with van der Waals surface area (Å²) in [4.78, 5) is 3.94. The molecule has 3 atom stereocenters. The number of halogens is 1. The fourth-order valence-corrected chi connectivity index (χ4v) is 2.07. The molecule has 3 unspecified atom stereocenters. The summed E-state index contributed by atoms with van der Waals surface area (Å²) in [6.07, 6.45) is 4.40. The van der Waals surface area contributed by atoms with E-state index in [1.54, 1.807) is 12.4 Å². The number of nitrogens with two attached hydrogens (primary N) is 1. The molecule has 16 heavy (non-hydrogen) atoms. The molecule has 0 aromatic carbocycles. The molecule has 5 heteroatoms. The zero-order valence-electron chi connectivity index (χ0n) is 9.19. The number of hydrogen-bond acceptors (Lipinski definition) is 4. The highest BCUT2D eigenvalue weighted by Crippen LogP contribution is 2.28. The lowest BCUT2D eigenvalue weighted by atomic mass is 9.83. The van der Waals surface area contributed by atoms with E-state index in [9.17, 15) is 0 Å². The van der Waals surface area contributed by atoms with Crippen molar-refractivity contribution in [3.8, 4) is 0 Å². The SMILES string of the molecule is CCOC1CC(N)C1Nc1ccncc1Cl. The van der Waals surface area contributed by atoms with Crippen LogP contribution in [0.3, 0.4) is 0 Å². The van der Waals surface area contributed by atoms with Crippen molar-refractivity contribution < 1.29 is 4.74 Å². The third kappa shape index (κ3) is 2.29. The lowest BCUT2D eigenvalue weighted by molar-refractivity contribution is -0.0126. The van der Waals surface area contributed by atoms with Gasteiger partial charge in [-0.2, -0.15) is 0 Å². The Morgan fingerprint density at radius 3 is 3.12 bits per heavy atom. The molecule has 1 fully saturated rings. The van der Waals surface area contributed by atoms with Crippen LogP contribution in [0.15, 0.2) is 18.5 Å². The molecule has 1 aliphatic carbocycles. The lowest BCUT2D eigenvalue weighted by Crippen LogP contribution is -2.60. The maximum Gasteiger partial charge on any atom is 0.0820 e. The predicted molar refractivity (Wildman–Crippen MR) is 64.7 cm³/mol. The van der Waals surface area contributed by atoms with Gasteiger partial charge in [0.05, 0.1) is 22.9 Å². The van der Waals surface area contributed by atoms with Crippen LogP contribution >= 0.6 is 11.6 Å². The summed E-state index contributed by atoms with van der Waals surface area (Å²) in [5.74, 6) is 0. The Labute approximate surface area is 100 Å². The summed E-state index contributed by atoms with van der Waals surface area (Å²) in [7, 11) is 0. The Bertz CT molecular complexity index is 359. The van der Waals surface area contributed by atoms with Crippen LogP contribution in [0.1, 0.15) is 13.3 Å². The van der Waals surface area contributed by atoms with Gasteiger partial charge in [0.1, 0.15) is 0 Å². The first-order valence-electron chi connectivity index (χ1n) is 5.45. The van der Waals surface area contributed by atoms with Crippen molar-refractivity contribution in [1.29, 1.82) is 0 Å². The Morgan fingerprint density at radius 1 is 1.69 bits per heavy atom. The molecule has 1 heterocycles. The molecule has 0 bridgehead atoms. The molecule has 0 amide bonds. The van der Waals surface area contributed by atoms with Crippen molar-refractivity contribution in [2.24, 2.45) is 5.73 Å². The fraction of sp³-hybridized carbons (Fsp3) is 0.545.